The molecule has 5 rings (SSSR count). The summed E-state index contributed by atoms with van der Waals surface area (Å²) < 4.78 is 12.1. The number of methoxy groups -OCH3 is 1. The highest BCUT2D eigenvalue weighted by Gasteiger charge is 2.59. The standard InChI is InChI=1S/C35H48N2O4/c1-27(38)41-32-15-10-14-30(23-32)34-21-22-37(25-29-17-18-29)26-35(34,40-3)20-19-31(24-34)36(2)33(39)16-9-5-8-13-28-11-6-4-7-12-28/h4,6-7,10-12,14-15,23,29,31H,5,8-9,13,16-22,24-26H2,1-3H3. The number of ether oxygens (including phenoxy) is 2. The number of piperidine rings is 1. The fraction of sp³-hybridized carbons (Fsp3) is 0.600. The lowest BCUT2D eigenvalue weighted by Gasteiger charge is -2.60. The number of esters is 1. The summed E-state index contributed by atoms with van der Waals surface area (Å²) >= 11 is 0. The summed E-state index contributed by atoms with van der Waals surface area (Å²) in [7, 11) is 3.87. The van der Waals surface area contributed by atoms with E-state index in [0.29, 0.717) is 12.2 Å². The minimum Gasteiger partial charge on any atom is -0.427 e. The maximum absolute atomic E-state index is 13.4. The maximum atomic E-state index is 13.4. The molecule has 2 aliphatic carbocycles. The van der Waals surface area contributed by atoms with Gasteiger partial charge in [-0.3, -0.25) is 9.59 Å². The second-order valence-corrected chi connectivity index (χ2v) is 12.8. The molecule has 0 N–H and O–H groups in total. The Kier molecular flexibility index (Phi) is 9.50. The average molecular weight is 561 g/mol. The Balaban J connectivity index is 1.29. The zero-order valence-corrected chi connectivity index (χ0v) is 25.3. The predicted octanol–water partition coefficient (Wildman–Crippen LogP) is 6.16. The van der Waals surface area contributed by atoms with E-state index >= 15 is 0 Å². The number of aryl methyl sites for hydroxylation is 1. The second-order valence-electron chi connectivity index (χ2n) is 12.8. The number of benzene rings is 2. The van der Waals surface area contributed by atoms with E-state index in [-0.39, 0.29) is 28.9 Å². The van der Waals surface area contributed by atoms with Crippen LogP contribution in [-0.4, -0.2) is 67.1 Å². The van der Waals surface area contributed by atoms with Crippen LogP contribution in [-0.2, 0) is 26.2 Å². The molecule has 3 atom stereocenters. The van der Waals surface area contributed by atoms with Crippen LogP contribution in [0.25, 0.3) is 0 Å². The summed E-state index contributed by atoms with van der Waals surface area (Å²) in [5.74, 6) is 1.34. The zero-order valence-electron chi connectivity index (χ0n) is 25.3. The Morgan fingerprint density at radius 2 is 1.80 bits per heavy atom. The lowest BCUT2D eigenvalue weighted by atomic mass is 9.55. The van der Waals surface area contributed by atoms with Crippen molar-refractivity contribution in [1.82, 2.24) is 9.80 Å². The molecule has 3 aliphatic rings. The van der Waals surface area contributed by atoms with E-state index in [2.05, 4.69) is 41.3 Å². The number of hydrogen-bond acceptors (Lipinski definition) is 5. The first kappa shape index (κ1) is 29.8. The predicted molar refractivity (Wildman–Crippen MR) is 162 cm³/mol. The van der Waals surface area contributed by atoms with Crippen molar-refractivity contribution in [3.63, 3.8) is 0 Å². The number of carbonyl (C=O) groups excluding carboxylic acids is 2. The molecule has 3 unspecified atom stereocenters. The lowest BCUT2D eigenvalue weighted by molar-refractivity contribution is -0.160. The first-order chi connectivity index (χ1) is 19.8. The number of hydrogen-bond donors (Lipinski definition) is 0. The van der Waals surface area contributed by atoms with Gasteiger partial charge in [0.15, 0.2) is 0 Å². The summed E-state index contributed by atoms with van der Waals surface area (Å²) in [6.07, 6.45) is 11.1. The van der Waals surface area contributed by atoms with Gasteiger partial charge in [-0.2, -0.15) is 0 Å². The van der Waals surface area contributed by atoms with E-state index in [1.54, 1.807) is 0 Å². The molecule has 41 heavy (non-hydrogen) atoms. The summed E-state index contributed by atoms with van der Waals surface area (Å²) in [4.78, 5) is 29.8. The van der Waals surface area contributed by atoms with Gasteiger partial charge in [-0.25, -0.2) is 0 Å². The van der Waals surface area contributed by atoms with Crippen LogP contribution in [0.4, 0.5) is 0 Å². The molecule has 2 saturated carbocycles. The Labute approximate surface area is 246 Å². The first-order valence-electron chi connectivity index (χ1n) is 15.7. The Morgan fingerprint density at radius 1 is 1.00 bits per heavy atom. The van der Waals surface area contributed by atoms with E-state index in [1.165, 1.54) is 25.3 Å². The molecule has 6 heteroatoms. The highest BCUT2D eigenvalue weighted by molar-refractivity contribution is 5.76. The van der Waals surface area contributed by atoms with Gasteiger partial charge in [-0.15, -0.1) is 0 Å². The number of carbonyl (C=O) groups is 2. The largest absolute Gasteiger partial charge is 0.427 e. The van der Waals surface area contributed by atoms with Crippen molar-refractivity contribution < 1.29 is 19.1 Å². The van der Waals surface area contributed by atoms with Gasteiger partial charge < -0.3 is 19.3 Å². The quantitative estimate of drug-likeness (QED) is 0.177. The van der Waals surface area contributed by atoms with Crippen molar-refractivity contribution in [1.29, 1.82) is 0 Å². The molecule has 1 heterocycles. The molecular weight excluding hydrogens is 512 g/mol. The fourth-order valence-electron chi connectivity index (χ4n) is 7.55. The topological polar surface area (TPSA) is 59.1 Å². The van der Waals surface area contributed by atoms with E-state index in [4.69, 9.17) is 9.47 Å². The van der Waals surface area contributed by atoms with E-state index in [0.717, 1.165) is 82.5 Å². The lowest BCUT2D eigenvalue weighted by Crippen LogP contribution is -2.68. The SMILES string of the molecule is COC12CCC(N(C)C(=O)CCCCCc3ccccc3)CC1(c1cccc(OC(C)=O)c1)CCN(CC1CC1)C2. The van der Waals surface area contributed by atoms with Crippen molar-refractivity contribution in [2.45, 2.75) is 94.6 Å². The van der Waals surface area contributed by atoms with Gasteiger partial charge >= 0.3 is 5.97 Å². The number of unbranched alkanes of at least 4 members (excludes halogenated alkanes) is 2. The van der Waals surface area contributed by atoms with Crippen molar-refractivity contribution in [2.24, 2.45) is 5.92 Å². The summed E-state index contributed by atoms with van der Waals surface area (Å²) in [6.45, 7) is 4.52. The molecule has 1 aliphatic heterocycles. The van der Waals surface area contributed by atoms with Gasteiger partial charge in [0.05, 0.1) is 5.60 Å². The van der Waals surface area contributed by atoms with Crippen molar-refractivity contribution >= 4 is 11.9 Å². The highest BCUT2D eigenvalue weighted by atomic mass is 16.5. The molecule has 0 radical (unpaired) electrons. The molecule has 1 saturated heterocycles. The van der Waals surface area contributed by atoms with Gasteiger partial charge in [0.1, 0.15) is 5.75 Å². The van der Waals surface area contributed by atoms with Crippen LogP contribution in [0, 0.1) is 5.92 Å². The van der Waals surface area contributed by atoms with E-state index in [9.17, 15) is 9.59 Å². The van der Waals surface area contributed by atoms with E-state index in [1.807, 2.05) is 37.3 Å². The van der Waals surface area contributed by atoms with Gasteiger partial charge in [-0.1, -0.05) is 48.9 Å². The van der Waals surface area contributed by atoms with Gasteiger partial charge in [0.2, 0.25) is 5.91 Å². The number of likely N-dealkylation sites (tertiary alicyclic amines) is 1. The second kappa shape index (κ2) is 13.1. The van der Waals surface area contributed by atoms with Crippen LogP contribution in [0.5, 0.6) is 5.75 Å². The molecular formula is C35H48N2O4. The maximum Gasteiger partial charge on any atom is 0.308 e. The van der Waals surface area contributed by atoms with Crippen LogP contribution < -0.4 is 4.74 Å². The summed E-state index contributed by atoms with van der Waals surface area (Å²) in [6, 6.07) is 18.8. The van der Waals surface area contributed by atoms with Crippen LogP contribution in [0.2, 0.25) is 0 Å². The van der Waals surface area contributed by atoms with Gasteiger partial charge in [-0.05, 0) is 93.5 Å². The first-order valence-corrected chi connectivity index (χ1v) is 15.7. The van der Waals surface area contributed by atoms with Crippen molar-refractivity contribution in [3.05, 3.63) is 65.7 Å². The molecule has 2 aromatic carbocycles. The van der Waals surface area contributed by atoms with E-state index < -0.39 is 0 Å². The molecule has 0 aromatic heterocycles. The van der Waals surface area contributed by atoms with Crippen LogP contribution >= 0.6 is 0 Å². The third-order valence-corrected chi connectivity index (χ3v) is 10.1. The van der Waals surface area contributed by atoms with Crippen molar-refractivity contribution in [3.8, 4) is 5.75 Å². The third-order valence-electron chi connectivity index (χ3n) is 10.1. The molecule has 6 nitrogen and oxygen atoms in total. The number of nitrogens with zero attached hydrogens (tertiary/aromatic N) is 2. The molecule has 3 fully saturated rings. The monoisotopic (exact) mass is 560 g/mol. The molecule has 0 bridgehead atoms. The number of amides is 1. The summed E-state index contributed by atoms with van der Waals surface area (Å²) in [5, 5.41) is 0. The van der Waals surface area contributed by atoms with Crippen molar-refractivity contribution in [2.75, 3.05) is 33.8 Å². The van der Waals surface area contributed by atoms with Crippen LogP contribution in [0.1, 0.15) is 82.3 Å². The van der Waals surface area contributed by atoms with Gasteiger partial charge in [0.25, 0.3) is 0 Å². The highest BCUT2D eigenvalue weighted by Crippen LogP contribution is 2.54. The Morgan fingerprint density at radius 3 is 2.54 bits per heavy atom. The average Bonchev–Trinajstić information content (AvgIpc) is 3.80. The fourth-order valence-corrected chi connectivity index (χ4v) is 7.55. The molecule has 0 spiro atoms. The third kappa shape index (κ3) is 6.86. The summed E-state index contributed by atoms with van der Waals surface area (Å²) in [5.41, 5.74) is 1.93. The zero-order chi connectivity index (χ0) is 28.9. The minimum atomic E-state index is -0.340. The van der Waals surface area contributed by atoms with Gasteiger partial charge in [0, 0.05) is 52.0 Å². The minimum absolute atomic E-state index is 0.155. The number of rotatable bonds is 12. The Bertz CT molecular complexity index is 1180. The van der Waals surface area contributed by atoms with Crippen LogP contribution in [0.15, 0.2) is 54.6 Å². The molecule has 222 valence electrons. The van der Waals surface area contributed by atoms with Crippen LogP contribution in [0.3, 0.4) is 0 Å². The smallest absolute Gasteiger partial charge is 0.308 e. The number of fused-ring (bicyclic) bond motifs is 1. The Hall–Kier alpha value is -2.70. The molecule has 2 aromatic rings. The normalized spacial score (nSPS) is 26.3. The molecule has 1 amide bonds.